The van der Waals surface area contributed by atoms with Crippen molar-refractivity contribution in [3.05, 3.63) is 18.7 Å². The third kappa shape index (κ3) is 2.88. The van der Waals surface area contributed by atoms with Crippen molar-refractivity contribution < 1.29 is 4.79 Å². The van der Waals surface area contributed by atoms with E-state index in [9.17, 15) is 4.79 Å². The summed E-state index contributed by atoms with van der Waals surface area (Å²) in [5, 5.41) is 0. The summed E-state index contributed by atoms with van der Waals surface area (Å²) in [7, 11) is 0. The van der Waals surface area contributed by atoms with Crippen LogP contribution in [0.15, 0.2) is 18.7 Å². The second-order valence-corrected chi connectivity index (χ2v) is 9.57. The number of imidazole rings is 1. The van der Waals surface area contributed by atoms with Crippen molar-refractivity contribution >= 4 is 5.91 Å². The van der Waals surface area contributed by atoms with Gasteiger partial charge in [-0.05, 0) is 63.2 Å². The Morgan fingerprint density at radius 3 is 2.23 bits per heavy atom. The first-order valence-electron chi connectivity index (χ1n) is 10.6. The van der Waals surface area contributed by atoms with Gasteiger partial charge in [0.15, 0.2) is 0 Å². The molecule has 4 bridgehead atoms. The largest absolute Gasteiger partial charge is 0.340 e. The van der Waals surface area contributed by atoms with Crippen LogP contribution in [0, 0.1) is 17.8 Å². The van der Waals surface area contributed by atoms with Crippen LogP contribution in [0.4, 0.5) is 0 Å². The van der Waals surface area contributed by atoms with Crippen LogP contribution in [0.25, 0.3) is 0 Å². The molecule has 1 saturated heterocycles. The lowest BCUT2D eigenvalue weighted by molar-refractivity contribution is -0.139. The van der Waals surface area contributed by atoms with Crippen LogP contribution in [0.1, 0.15) is 57.9 Å². The monoisotopic (exact) mass is 356 g/mol. The molecule has 5 nitrogen and oxygen atoms in total. The van der Waals surface area contributed by atoms with Gasteiger partial charge < -0.3 is 9.47 Å². The molecule has 0 unspecified atom stereocenters. The molecule has 0 N–H and O–H groups in total. The molecule has 1 aliphatic heterocycles. The van der Waals surface area contributed by atoms with Gasteiger partial charge in [-0.1, -0.05) is 0 Å². The fourth-order valence-corrected chi connectivity index (χ4v) is 6.90. The smallest absolute Gasteiger partial charge is 0.224 e. The second-order valence-electron chi connectivity index (χ2n) is 9.57. The van der Waals surface area contributed by atoms with Crippen LogP contribution < -0.4 is 0 Å². The first-order valence-corrected chi connectivity index (χ1v) is 10.6. The van der Waals surface area contributed by atoms with E-state index in [1.807, 2.05) is 17.1 Å². The summed E-state index contributed by atoms with van der Waals surface area (Å²) in [5.74, 6) is 3.29. The Balaban J connectivity index is 1.18. The maximum atomic E-state index is 12.7. The number of hydrogen-bond acceptors (Lipinski definition) is 3. The molecule has 1 amide bonds. The zero-order valence-electron chi connectivity index (χ0n) is 16.0. The fourth-order valence-electron chi connectivity index (χ4n) is 6.90. The van der Waals surface area contributed by atoms with E-state index in [1.165, 1.54) is 38.5 Å². The van der Waals surface area contributed by atoms with Crippen molar-refractivity contribution in [1.29, 1.82) is 0 Å². The first kappa shape index (κ1) is 16.8. The Bertz CT molecular complexity index is 612. The summed E-state index contributed by atoms with van der Waals surface area (Å²) in [6.07, 6.45) is 14.9. The molecule has 0 spiro atoms. The van der Waals surface area contributed by atoms with E-state index in [2.05, 4.69) is 21.7 Å². The van der Waals surface area contributed by atoms with E-state index >= 15 is 0 Å². The highest BCUT2D eigenvalue weighted by molar-refractivity contribution is 5.76. The summed E-state index contributed by atoms with van der Waals surface area (Å²) < 4.78 is 2.03. The van der Waals surface area contributed by atoms with Crippen LogP contribution in [0.3, 0.4) is 0 Å². The molecule has 0 aromatic carbocycles. The topological polar surface area (TPSA) is 41.4 Å². The van der Waals surface area contributed by atoms with Gasteiger partial charge in [0.1, 0.15) is 0 Å². The molecule has 4 aliphatic carbocycles. The number of amides is 1. The normalized spacial score (nSPS) is 37.9. The number of piperazine rings is 1. The minimum Gasteiger partial charge on any atom is -0.340 e. The highest BCUT2D eigenvalue weighted by Gasteiger charge is 2.53. The Kier molecular flexibility index (Phi) is 4.11. The molecule has 5 fully saturated rings. The Hall–Kier alpha value is -1.36. The minimum absolute atomic E-state index is 0.186. The Morgan fingerprint density at radius 1 is 1.08 bits per heavy atom. The van der Waals surface area contributed by atoms with E-state index < -0.39 is 0 Å². The zero-order chi connectivity index (χ0) is 17.7. The first-order chi connectivity index (χ1) is 12.6. The van der Waals surface area contributed by atoms with E-state index in [0.717, 1.165) is 43.9 Å². The lowest BCUT2D eigenvalue weighted by Crippen LogP contribution is -2.64. The maximum Gasteiger partial charge on any atom is 0.224 e. The van der Waals surface area contributed by atoms with Crippen LogP contribution in [0.5, 0.6) is 0 Å². The van der Waals surface area contributed by atoms with Crippen LogP contribution in [0.2, 0.25) is 0 Å². The van der Waals surface area contributed by atoms with Gasteiger partial charge in [0, 0.05) is 56.6 Å². The van der Waals surface area contributed by atoms with Crippen LogP contribution in [-0.2, 0) is 4.79 Å². The molecule has 1 aromatic heterocycles. The van der Waals surface area contributed by atoms with Gasteiger partial charge in [0.2, 0.25) is 5.91 Å². The summed E-state index contributed by atoms with van der Waals surface area (Å²) in [6, 6.07) is 0.186. The van der Waals surface area contributed by atoms with Crippen molar-refractivity contribution in [3.63, 3.8) is 0 Å². The number of rotatable bonds is 4. The molecule has 142 valence electrons. The average Bonchev–Trinajstić information content (AvgIpc) is 3.15. The van der Waals surface area contributed by atoms with Gasteiger partial charge in [0.25, 0.3) is 0 Å². The highest BCUT2D eigenvalue weighted by atomic mass is 16.2. The van der Waals surface area contributed by atoms with Gasteiger partial charge in [-0.3, -0.25) is 9.69 Å². The fraction of sp³-hybridized carbons (Fsp3) is 0.810. The van der Waals surface area contributed by atoms with Crippen molar-refractivity contribution in [2.45, 2.75) is 63.5 Å². The molecule has 0 radical (unpaired) electrons. The molecule has 1 atom stereocenters. The number of aromatic nitrogens is 2. The van der Waals surface area contributed by atoms with Gasteiger partial charge >= 0.3 is 0 Å². The van der Waals surface area contributed by atoms with Gasteiger partial charge in [0.05, 0.1) is 6.33 Å². The maximum absolute atomic E-state index is 12.7. The summed E-state index contributed by atoms with van der Waals surface area (Å²) >= 11 is 0. The predicted octanol–water partition coefficient (Wildman–Crippen LogP) is 2.95. The summed E-state index contributed by atoms with van der Waals surface area (Å²) in [4.78, 5) is 21.7. The molecule has 26 heavy (non-hydrogen) atoms. The van der Waals surface area contributed by atoms with E-state index in [1.54, 1.807) is 6.20 Å². The lowest BCUT2D eigenvalue weighted by atomic mass is 9.52. The van der Waals surface area contributed by atoms with Gasteiger partial charge in [-0.25, -0.2) is 4.98 Å². The lowest BCUT2D eigenvalue weighted by Gasteiger charge is -2.61. The zero-order valence-corrected chi connectivity index (χ0v) is 16.0. The number of carbonyl (C=O) groups is 1. The van der Waals surface area contributed by atoms with Crippen LogP contribution >= 0.6 is 0 Å². The van der Waals surface area contributed by atoms with Gasteiger partial charge in [-0.2, -0.15) is 0 Å². The number of carbonyl (C=O) groups excluding carboxylic acids is 1. The molecule has 5 heteroatoms. The van der Waals surface area contributed by atoms with Crippen LogP contribution in [-0.4, -0.2) is 57.0 Å². The average molecular weight is 357 g/mol. The van der Waals surface area contributed by atoms with Crippen molar-refractivity contribution in [2.24, 2.45) is 17.8 Å². The molecular formula is C21H32N4O. The standard InChI is InChI=1S/C21H32N4O/c1-16(24-3-2-22-15-24)8-20(26)23-4-6-25(7-5-23)21-12-17-9-18(13-21)11-19(10-17)14-21/h2-3,15-19H,4-14H2,1H3/t16-,17?,18?,19?,21?/m1/s1. The van der Waals surface area contributed by atoms with E-state index in [4.69, 9.17) is 0 Å². The van der Waals surface area contributed by atoms with Gasteiger partial charge in [-0.15, -0.1) is 0 Å². The Labute approximate surface area is 156 Å². The number of nitrogens with zero attached hydrogens (tertiary/aromatic N) is 4. The molecular weight excluding hydrogens is 324 g/mol. The summed E-state index contributed by atoms with van der Waals surface area (Å²) in [6.45, 7) is 6.09. The van der Waals surface area contributed by atoms with E-state index in [-0.39, 0.29) is 6.04 Å². The molecule has 6 rings (SSSR count). The summed E-state index contributed by atoms with van der Waals surface area (Å²) in [5.41, 5.74) is 0.494. The molecule has 2 heterocycles. The molecule has 5 aliphatic rings. The van der Waals surface area contributed by atoms with Crippen molar-refractivity contribution in [1.82, 2.24) is 19.4 Å². The minimum atomic E-state index is 0.186. The van der Waals surface area contributed by atoms with Crippen molar-refractivity contribution in [3.8, 4) is 0 Å². The second kappa shape index (κ2) is 6.36. The predicted molar refractivity (Wildman–Crippen MR) is 101 cm³/mol. The number of hydrogen-bond donors (Lipinski definition) is 0. The van der Waals surface area contributed by atoms with E-state index in [0.29, 0.717) is 17.9 Å². The SMILES string of the molecule is C[C@H](CC(=O)N1CCN(C23CC4CC(CC(C4)C2)C3)CC1)n1ccnc1. The molecule has 1 aromatic rings. The molecule has 4 saturated carbocycles. The Morgan fingerprint density at radius 2 is 1.69 bits per heavy atom. The highest BCUT2D eigenvalue weighted by Crippen LogP contribution is 2.57. The third-order valence-electron chi connectivity index (χ3n) is 7.81. The third-order valence-corrected chi connectivity index (χ3v) is 7.81. The quantitative estimate of drug-likeness (QED) is 0.833. The van der Waals surface area contributed by atoms with Crippen molar-refractivity contribution in [2.75, 3.05) is 26.2 Å².